The Labute approximate surface area is 322 Å². The summed E-state index contributed by atoms with van der Waals surface area (Å²) in [6.45, 7) is 1.97. The maximum atomic E-state index is 6.18. The summed E-state index contributed by atoms with van der Waals surface area (Å²) in [5, 5.41) is 11.4. The number of anilines is 1. The summed E-state index contributed by atoms with van der Waals surface area (Å²) in [5.74, 6) is 5.79. The first-order valence-corrected chi connectivity index (χ1v) is 18.5. The maximum absolute atomic E-state index is 6.18. The highest BCUT2D eigenvalue weighted by molar-refractivity contribution is 5.72. The number of rotatable bonds is 20. The molecule has 1 aliphatic heterocycles. The van der Waals surface area contributed by atoms with E-state index < -0.39 is 0 Å². The van der Waals surface area contributed by atoms with Crippen molar-refractivity contribution in [3.05, 3.63) is 83.9 Å². The number of nitrogens with zero attached hydrogens (tertiary/aromatic N) is 1. The van der Waals surface area contributed by atoms with Crippen LogP contribution in [-0.4, -0.2) is 61.0 Å². The van der Waals surface area contributed by atoms with Crippen LogP contribution in [0.3, 0.4) is 0 Å². The summed E-state index contributed by atoms with van der Waals surface area (Å²) >= 11 is 0. The zero-order chi connectivity index (χ0) is 38.6. The van der Waals surface area contributed by atoms with E-state index >= 15 is 0 Å². The van der Waals surface area contributed by atoms with Crippen LogP contribution in [-0.2, 0) is 6.54 Å². The molecule has 292 valence electrons. The third-order valence-corrected chi connectivity index (χ3v) is 9.60. The van der Waals surface area contributed by atoms with Crippen LogP contribution in [0.25, 0.3) is 22.6 Å². The molecule has 0 radical (unpaired) electrons. The average Bonchev–Trinajstić information content (AvgIpc) is 3.74. The van der Waals surface area contributed by atoms with Crippen molar-refractivity contribution in [3.63, 3.8) is 0 Å². The quantitative estimate of drug-likeness (QED) is 0.0737. The van der Waals surface area contributed by atoms with Gasteiger partial charge in [-0.3, -0.25) is 5.32 Å². The van der Waals surface area contributed by atoms with Crippen LogP contribution in [0.2, 0.25) is 0 Å². The van der Waals surface area contributed by atoms with Crippen molar-refractivity contribution >= 4 is 5.69 Å². The van der Waals surface area contributed by atoms with Gasteiger partial charge in [-0.1, -0.05) is 36.9 Å². The minimum Gasteiger partial charge on any atom is -0.497 e. The molecule has 55 heavy (non-hydrogen) atoms. The SMILES string of the molecule is COc1ccc2c(c1)CNC(c1ccc(OCCCCCCCCOc3cc(-c4cc(-c5cc(OC)c(OC)c(OC)c5)on4)ccc3OC)c(OC)c1)N2. The molecule has 0 aliphatic carbocycles. The molecule has 0 spiro atoms. The fourth-order valence-corrected chi connectivity index (χ4v) is 6.58. The molecule has 0 bridgehead atoms. The summed E-state index contributed by atoms with van der Waals surface area (Å²) in [7, 11) is 9.72. The topological polar surface area (TPSA) is 124 Å². The highest BCUT2D eigenvalue weighted by Crippen LogP contribution is 2.42. The Kier molecular flexibility index (Phi) is 13.5. The second-order valence-electron chi connectivity index (χ2n) is 13.1. The molecule has 0 saturated carbocycles. The Morgan fingerprint density at radius 3 is 1.91 bits per heavy atom. The van der Waals surface area contributed by atoms with Gasteiger partial charge >= 0.3 is 0 Å². The second kappa shape index (κ2) is 19.0. The number of benzene rings is 4. The lowest BCUT2D eigenvalue weighted by Gasteiger charge is -2.29. The number of ether oxygens (including phenoxy) is 8. The fraction of sp³-hybridized carbons (Fsp3) is 0.372. The average molecular weight is 754 g/mol. The number of fused-ring (bicyclic) bond motifs is 1. The third kappa shape index (κ3) is 9.50. The van der Waals surface area contributed by atoms with Crippen LogP contribution in [0, 0.1) is 0 Å². The molecule has 5 aromatic rings. The van der Waals surface area contributed by atoms with Crippen molar-refractivity contribution in [1.29, 1.82) is 0 Å². The van der Waals surface area contributed by atoms with Gasteiger partial charge in [0.1, 0.15) is 17.6 Å². The summed E-state index contributed by atoms with van der Waals surface area (Å²) in [5.41, 5.74) is 5.61. The lowest BCUT2D eigenvalue weighted by atomic mass is 10.1. The first-order chi connectivity index (χ1) is 27.0. The van der Waals surface area contributed by atoms with E-state index in [-0.39, 0.29) is 6.17 Å². The Bertz CT molecular complexity index is 1990. The molecule has 6 rings (SSSR count). The van der Waals surface area contributed by atoms with Crippen molar-refractivity contribution in [1.82, 2.24) is 10.5 Å². The number of unbranched alkanes of at least 4 members (excludes halogenated alkanes) is 5. The first-order valence-electron chi connectivity index (χ1n) is 18.5. The molecule has 4 aromatic carbocycles. The van der Waals surface area contributed by atoms with Crippen molar-refractivity contribution in [2.24, 2.45) is 0 Å². The molecule has 2 N–H and O–H groups in total. The standard InChI is InChI=1S/C43H51N3O9/c1-47-32-15-16-33-31(21-32)27-44-43(45-33)29-14-18-36(38(23-29)49-3)53-19-11-9-7-8-10-12-20-54-39-22-28(13-17-35(39)48-2)34-26-37(55-46-34)30-24-40(50-4)42(52-6)41(25-30)51-5/h13-18,21-26,43-45H,7-12,19-20,27H2,1-6H3. The van der Waals surface area contributed by atoms with Crippen LogP contribution in [0.15, 0.2) is 77.3 Å². The molecule has 1 aromatic heterocycles. The van der Waals surface area contributed by atoms with Gasteiger partial charge in [-0.05, 0) is 84.6 Å². The van der Waals surface area contributed by atoms with Crippen molar-refractivity contribution < 1.29 is 42.4 Å². The van der Waals surface area contributed by atoms with Crippen LogP contribution < -0.4 is 48.5 Å². The van der Waals surface area contributed by atoms with Crippen LogP contribution in [0.4, 0.5) is 5.69 Å². The molecule has 12 nitrogen and oxygen atoms in total. The smallest absolute Gasteiger partial charge is 0.203 e. The van der Waals surface area contributed by atoms with Gasteiger partial charge < -0.3 is 47.7 Å². The van der Waals surface area contributed by atoms with Crippen molar-refractivity contribution in [3.8, 4) is 68.6 Å². The van der Waals surface area contributed by atoms with Gasteiger partial charge in [-0.2, -0.15) is 0 Å². The number of nitrogens with one attached hydrogen (secondary N) is 2. The largest absolute Gasteiger partial charge is 0.497 e. The molecule has 0 saturated heterocycles. The molecular formula is C43H51N3O9. The van der Waals surface area contributed by atoms with Gasteiger partial charge in [0.2, 0.25) is 5.75 Å². The van der Waals surface area contributed by atoms with E-state index in [2.05, 4.69) is 34.0 Å². The van der Waals surface area contributed by atoms with Gasteiger partial charge in [0.15, 0.2) is 40.3 Å². The Morgan fingerprint density at radius 1 is 0.582 bits per heavy atom. The molecular weight excluding hydrogens is 702 g/mol. The zero-order valence-electron chi connectivity index (χ0n) is 32.5. The molecule has 2 heterocycles. The third-order valence-electron chi connectivity index (χ3n) is 9.60. The highest BCUT2D eigenvalue weighted by Gasteiger charge is 2.21. The van der Waals surface area contributed by atoms with Crippen molar-refractivity contribution in [2.45, 2.75) is 51.2 Å². The van der Waals surface area contributed by atoms with Crippen molar-refractivity contribution in [2.75, 3.05) is 61.2 Å². The lowest BCUT2D eigenvalue weighted by Crippen LogP contribution is -2.32. The maximum Gasteiger partial charge on any atom is 0.203 e. The number of methoxy groups -OCH3 is 6. The van der Waals surface area contributed by atoms with Crippen LogP contribution >= 0.6 is 0 Å². The van der Waals surface area contributed by atoms with Gasteiger partial charge in [-0.25, -0.2) is 0 Å². The predicted octanol–water partition coefficient (Wildman–Crippen LogP) is 9.07. The molecule has 1 aliphatic rings. The summed E-state index contributed by atoms with van der Waals surface area (Å²) in [6, 6.07) is 23.4. The molecule has 0 amide bonds. The number of aromatic nitrogens is 1. The van der Waals surface area contributed by atoms with Gasteiger partial charge in [0, 0.05) is 29.4 Å². The number of hydrogen-bond donors (Lipinski definition) is 2. The van der Waals surface area contributed by atoms with E-state index in [1.165, 1.54) is 5.56 Å². The lowest BCUT2D eigenvalue weighted by molar-refractivity contribution is 0.279. The monoisotopic (exact) mass is 753 g/mol. The van der Waals surface area contributed by atoms with Crippen LogP contribution in [0.1, 0.15) is 55.8 Å². The van der Waals surface area contributed by atoms with E-state index in [9.17, 15) is 0 Å². The minimum absolute atomic E-state index is 0.0303. The van der Waals surface area contributed by atoms with E-state index in [1.807, 2.05) is 54.6 Å². The Balaban J connectivity index is 0.915. The van der Waals surface area contributed by atoms with Crippen LogP contribution in [0.5, 0.6) is 46.0 Å². The molecule has 1 atom stereocenters. The molecule has 1 unspecified atom stereocenters. The van der Waals surface area contributed by atoms with Gasteiger partial charge in [0.25, 0.3) is 0 Å². The Hall–Kier alpha value is -5.75. The summed E-state index contributed by atoms with van der Waals surface area (Å²) < 4.78 is 51.1. The normalized spacial score (nSPS) is 13.3. The highest BCUT2D eigenvalue weighted by atomic mass is 16.5. The van der Waals surface area contributed by atoms with E-state index in [4.69, 9.17) is 42.4 Å². The predicted molar refractivity (Wildman–Crippen MR) is 211 cm³/mol. The van der Waals surface area contributed by atoms with E-state index in [0.717, 1.165) is 84.7 Å². The van der Waals surface area contributed by atoms with E-state index in [1.54, 1.807) is 42.7 Å². The molecule has 12 heteroatoms. The fourth-order valence-electron chi connectivity index (χ4n) is 6.58. The second-order valence-corrected chi connectivity index (χ2v) is 13.1. The van der Waals surface area contributed by atoms with Gasteiger partial charge in [0.05, 0.1) is 55.9 Å². The summed E-state index contributed by atoms with van der Waals surface area (Å²) in [4.78, 5) is 0. The Morgan fingerprint density at radius 2 is 1.24 bits per heavy atom. The molecule has 0 fully saturated rings. The van der Waals surface area contributed by atoms with Gasteiger partial charge in [-0.15, -0.1) is 0 Å². The number of hydrogen-bond acceptors (Lipinski definition) is 12. The van der Waals surface area contributed by atoms with E-state index in [0.29, 0.717) is 53.4 Å². The zero-order valence-corrected chi connectivity index (χ0v) is 32.5. The first kappa shape index (κ1) is 39.0. The summed E-state index contributed by atoms with van der Waals surface area (Å²) in [6.07, 6.45) is 6.29. The minimum atomic E-state index is -0.0303.